The summed E-state index contributed by atoms with van der Waals surface area (Å²) in [5.74, 6) is 0. The van der Waals surface area contributed by atoms with E-state index in [1.165, 1.54) is 0 Å². The molecule has 0 bridgehead atoms. The second-order valence-electron chi connectivity index (χ2n) is 2.12. The van der Waals surface area contributed by atoms with Gasteiger partial charge in [-0.05, 0) is 0 Å². The van der Waals surface area contributed by atoms with E-state index >= 15 is 0 Å². The predicted octanol–water partition coefficient (Wildman–Crippen LogP) is 1.39. The third-order valence-electron chi connectivity index (χ3n) is 1.35. The monoisotopic (exact) mass is 156 g/mol. The van der Waals surface area contributed by atoms with Crippen LogP contribution in [0.3, 0.4) is 0 Å². The van der Waals surface area contributed by atoms with Gasteiger partial charge in [-0.25, -0.2) is 0 Å². The smallest absolute Gasteiger partial charge is 0.209 e. The van der Waals surface area contributed by atoms with Crippen molar-refractivity contribution in [3.05, 3.63) is 33.8 Å². The SMILES string of the molecule is Cc1c[c]c(Cl)c(C)[n+]1[O-]. The van der Waals surface area contributed by atoms with Gasteiger partial charge in [0.25, 0.3) is 0 Å². The van der Waals surface area contributed by atoms with Gasteiger partial charge in [0.1, 0.15) is 5.02 Å². The Kier molecular flexibility index (Phi) is 1.81. The van der Waals surface area contributed by atoms with Gasteiger partial charge in [-0.1, -0.05) is 11.6 Å². The molecule has 0 amide bonds. The van der Waals surface area contributed by atoms with Crippen molar-refractivity contribution >= 4 is 11.6 Å². The second-order valence-corrected chi connectivity index (χ2v) is 2.50. The number of hydrogen-bond acceptors (Lipinski definition) is 1. The molecule has 53 valence electrons. The number of nitrogens with zero attached hydrogens (tertiary/aromatic N) is 1. The average Bonchev–Trinajstić information content (AvgIpc) is 1.93. The molecule has 0 saturated carbocycles. The lowest BCUT2D eigenvalue weighted by molar-refractivity contribution is -0.619. The molecule has 0 atom stereocenters. The van der Waals surface area contributed by atoms with Crippen LogP contribution in [0.2, 0.25) is 5.02 Å². The van der Waals surface area contributed by atoms with Crippen LogP contribution in [0.1, 0.15) is 11.4 Å². The molecule has 0 fully saturated rings. The van der Waals surface area contributed by atoms with E-state index in [0.717, 1.165) is 4.73 Å². The molecular formula is C7H7ClNO. The summed E-state index contributed by atoms with van der Waals surface area (Å²) in [6.07, 6.45) is 0. The van der Waals surface area contributed by atoms with E-state index < -0.39 is 0 Å². The molecule has 3 heteroatoms. The minimum absolute atomic E-state index is 0.389. The summed E-state index contributed by atoms with van der Waals surface area (Å²) in [6, 6.07) is 4.33. The van der Waals surface area contributed by atoms with Crippen molar-refractivity contribution in [2.75, 3.05) is 0 Å². The fourth-order valence-corrected chi connectivity index (χ4v) is 0.816. The quantitative estimate of drug-likeness (QED) is 0.412. The first-order valence-corrected chi connectivity index (χ1v) is 3.27. The molecule has 0 spiro atoms. The molecule has 0 aromatic carbocycles. The van der Waals surface area contributed by atoms with Crippen molar-refractivity contribution in [1.29, 1.82) is 0 Å². The van der Waals surface area contributed by atoms with Crippen molar-refractivity contribution in [1.82, 2.24) is 0 Å². The molecule has 0 aliphatic heterocycles. The summed E-state index contributed by atoms with van der Waals surface area (Å²) < 4.78 is 0.791. The molecule has 2 nitrogen and oxygen atoms in total. The molecule has 1 rings (SSSR count). The average molecular weight is 157 g/mol. The molecule has 10 heavy (non-hydrogen) atoms. The number of pyridine rings is 1. The number of aromatic nitrogens is 1. The first kappa shape index (κ1) is 7.35. The lowest BCUT2D eigenvalue weighted by Crippen LogP contribution is -2.33. The molecule has 1 radical (unpaired) electrons. The topological polar surface area (TPSA) is 26.9 Å². The minimum atomic E-state index is 0.389. The Balaban J connectivity index is 3.34. The van der Waals surface area contributed by atoms with E-state index in [1.54, 1.807) is 19.9 Å². The fourth-order valence-electron chi connectivity index (χ4n) is 0.685. The zero-order valence-electron chi connectivity index (χ0n) is 5.81. The highest BCUT2D eigenvalue weighted by Crippen LogP contribution is 2.09. The van der Waals surface area contributed by atoms with E-state index in [1.807, 2.05) is 0 Å². The van der Waals surface area contributed by atoms with Crippen molar-refractivity contribution < 1.29 is 4.73 Å². The van der Waals surface area contributed by atoms with Crippen LogP contribution in [0.5, 0.6) is 0 Å². The third-order valence-corrected chi connectivity index (χ3v) is 1.73. The standard InChI is InChI=1S/C7H7ClNO/c1-5-3-4-7(8)6(2)9(5)10/h3H,1-2H3. The van der Waals surface area contributed by atoms with Crippen molar-refractivity contribution in [3.63, 3.8) is 0 Å². The Bertz CT molecular complexity index is 233. The van der Waals surface area contributed by atoms with Gasteiger partial charge in [0.05, 0.1) is 0 Å². The number of hydrogen-bond donors (Lipinski definition) is 0. The Morgan fingerprint density at radius 1 is 1.60 bits per heavy atom. The largest absolute Gasteiger partial charge is 0.618 e. The van der Waals surface area contributed by atoms with E-state index in [2.05, 4.69) is 6.07 Å². The summed E-state index contributed by atoms with van der Waals surface area (Å²) in [5, 5.41) is 11.4. The van der Waals surface area contributed by atoms with Crippen LogP contribution in [-0.4, -0.2) is 0 Å². The molecule has 0 unspecified atom stereocenters. The highest BCUT2D eigenvalue weighted by molar-refractivity contribution is 6.30. The van der Waals surface area contributed by atoms with Gasteiger partial charge in [-0.2, -0.15) is 4.73 Å². The second kappa shape index (κ2) is 2.46. The number of rotatable bonds is 0. The van der Waals surface area contributed by atoms with Crippen molar-refractivity contribution in [2.24, 2.45) is 0 Å². The fraction of sp³-hybridized carbons (Fsp3) is 0.286. The van der Waals surface area contributed by atoms with Gasteiger partial charge in [-0.15, -0.1) is 0 Å². The van der Waals surface area contributed by atoms with Gasteiger partial charge in [-0.3, -0.25) is 0 Å². The molecule has 1 aromatic rings. The van der Waals surface area contributed by atoms with E-state index in [4.69, 9.17) is 11.6 Å². The minimum Gasteiger partial charge on any atom is -0.618 e. The normalized spacial score (nSPS) is 9.90. The van der Waals surface area contributed by atoms with Crippen molar-refractivity contribution in [3.8, 4) is 0 Å². The van der Waals surface area contributed by atoms with Crippen LogP contribution in [0.25, 0.3) is 0 Å². The molecular weight excluding hydrogens is 150 g/mol. The first-order chi connectivity index (χ1) is 4.63. The van der Waals surface area contributed by atoms with Crippen LogP contribution >= 0.6 is 11.6 Å². The summed E-state index contributed by atoms with van der Waals surface area (Å²) >= 11 is 5.61. The third kappa shape index (κ3) is 1.07. The van der Waals surface area contributed by atoms with Gasteiger partial charge in [0.15, 0.2) is 5.69 Å². The van der Waals surface area contributed by atoms with E-state index in [0.29, 0.717) is 16.4 Å². The molecule has 1 heterocycles. The first-order valence-electron chi connectivity index (χ1n) is 2.90. The molecule has 0 saturated heterocycles. The molecule has 1 aromatic heterocycles. The van der Waals surface area contributed by atoms with Gasteiger partial charge < -0.3 is 5.21 Å². The van der Waals surface area contributed by atoms with Crippen LogP contribution in [0.4, 0.5) is 0 Å². The number of aryl methyl sites for hydroxylation is 1. The zero-order chi connectivity index (χ0) is 7.72. The maximum Gasteiger partial charge on any atom is 0.209 e. The van der Waals surface area contributed by atoms with Gasteiger partial charge >= 0.3 is 0 Å². The van der Waals surface area contributed by atoms with Crippen LogP contribution in [0, 0.1) is 25.1 Å². The van der Waals surface area contributed by atoms with Gasteiger partial charge in [0, 0.05) is 26.0 Å². The Morgan fingerprint density at radius 2 is 2.20 bits per heavy atom. The molecule has 0 aliphatic carbocycles. The zero-order valence-corrected chi connectivity index (χ0v) is 6.57. The molecule has 0 aliphatic rings. The lowest BCUT2D eigenvalue weighted by Gasteiger charge is -2.03. The van der Waals surface area contributed by atoms with Crippen molar-refractivity contribution in [2.45, 2.75) is 13.8 Å². The number of halogens is 1. The van der Waals surface area contributed by atoms with E-state index in [9.17, 15) is 5.21 Å². The lowest BCUT2D eigenvalue weighted by atomic mass is 10.3. The summed E-state index contributed by atoms with van der Waals surface area (Å²) in [4.78, 5) is 0. The van der Waals surface area contributed by atoms with Crippen LogP contribution < -0.4 is 4.73 Å². The maximum atomic E-state index is 11.0. The Morgan fingerprint density at radius 3 is 2.70 bits per heavy atom. The van der Waals surface area contributed by atoms with E-state index in [-0.39, 0.29) is 0 Å². The maximum absolute atomic E-state index is 11.0. The predicted molar refractivity (Wildman–Crippen MR) is 38.7 cm³/mol. The van der Waals surface area contributed by atoms with Crippen LogP contribution in [-0.2, 0) is 0 Å². The Labute approximate surface area is 64.6 Å². The highest BCUT2D eigenvalue weighted by Gasteiger charge is 2.06. The summed E-state index contributed by atoms with van der Waals surface area (Å²) in [7, 11) is 0. The van der Waals surface area contributed by atoms with Gasteiger partial charge in [0.2, 0.25) is 5.69 Å². The van der Waals surface area contributed by atoms with Crippen LogP contribution in [0.15, 0.2) is 6.07 Å². The summed E-state index contributed by atoms with van der Waals surface area (Å²) in [5.41, 5.74) is 1.11. The highest BCUT2D eigenvalue weighted by atomic mass is 35.5. The summed E-state index contributed by atoms with van der Waals surface area (Å²) in [6.45, 7) is 3.38. The Hall–Kier alpha value is -0.760. The molecule has 0 N–H and O–H groups in total.